The van der Waals surface area contributed by atoms with E-state index in [1.807, 2.05) is 0 Å². The molecule has 0 spiro atoms. The lowest BCUT2D eigenvalue weighted by molar-refractivity contribution is -0.116. The van der Waals surface area contributed by atoms with Gasteiger partial charge in [0.1, 0.15) is 0 Å². The van der Waals surface area contributed by atoms with Crippen molar-refractivity contribution in [1.29, 1.82) is 0 Å². The number of hydrogen-bond acceptors (Lipinski definition) is 4. The van der Waals surface area contributed by atoms with Gasteiger partial charge in [0.15, 0.2) is 11.5 Å². The van der Waals surface area contributed by atoms with Gasteiger partial charge in [0, 0.05) is 24.2 Å². The van der Waals surface area contributed by atoms with Crippen LogP contribution in [0.4, 0.5) is 5.69 Å². The molecule has 1 N–H and O–H groups in total. The second-order valence-electron chi connectivity index (χ2n) is 6.36. The molecule has 0 heterocycles. The molecule has 0 bridgehead atoms. The Bertz CT molecular complexity index is 513. The first-order chi connectivity index (χ1) is 11.7. The molecular weight excluding hydrogens is 306 g/mol. The highest BCUT2D eigenvalue weighted by molar-refractivity contribution is 5.91. The summed E-state index contributed by atoms with van der Waals surface area (Å²) < 4.78 is 15.9. The Labute approximate surface area is 144 Å². The normalized spacial score (nSPS) is 15.0. The first-order valence-electron chi connectivity index (χ1n) is 8.77. The predicted octanol–water partition coefficient (Wildman–Crippen LogP) is 4.40. The van der Waals surface area contributed by atoms with E-state index in [9.17, 15) is 4.79 Å². The molecule has 1 aliphatic carbocycles. The molecule has 1 amide bonds. The van der Waals surface area contributed by atoms with Gasteiger partial charge in [-0.05, 0) is 18.8 Å². The molecule has 1 aromatic rings. The van der Waals surface area contributed by atoms with E-state index in [1.165, 1.54) is 32.1 Å². The summed E-state index contributed by atoms with van der Waals surface area (Å²) in [6, 6.07) is 3.50. The zero-order valence-electron chi connectivity index (χ0n) is 15.0. The van der Waals surface area contributed by atoms with Crippen LogP contribution in [0.25, 0.3) is 0 Å². The Morgan fingerprint density at radius 2 is 1.67 bits per heavy atom. The SMILES string of the molecule is COc1cc(NC(=O)CCCC2CCCCC2)cc(OC)c1OC. The van der Waals surface area contributed by atoms with Crippen LogP contribution in [0.2, 0.25) is 0 Å². The molecule has 0 aromatic heterocycles. The average Bonchev–Trinajstić information content (AvgIpc) is 2.61. The molecule has 0 radical (unpaired) electrons. The van der Waals surface area contributed by atoms with Crippen molar-refractivity contribution in [2.24, 2.45) is 5.92 Å². The van der Waals surface area contributed by atoms with Gasteiger partial charge < -0.3 is 19.5 Å². The van der Waals surface area contributed by atoms with E-state index in [1.54, 1.807) is 33.5 Å². The predicted molar refractivity (Wildman–Crippen MR) is 95.2 cm³/mol. The molecule has 0 atom stereocenters. The topological polar surface area (TPSA) is 56.8 Å². The number of hydrogen-bond donors (Lipinski definition) is 1. The fraction of sp³-hybridized carbons (Fsp3) is 0.632. The third-order valence-corrected chi connectivity index (χ3v) is 4.69. The molecule has 1 aromatic carbocycles. The number of nitrogens with one attached hydrogen (secondary N) is 1. The molecular formula is C19H29NO4. The maximum Gasteiger partial charge on any atom is 0.224 e. The van der Waals surface area contributed by atoms with Crippen molar-refractivity contribution in [3.05, 3.63) is 12.1 Å². The van der Waals surface area contributed by atoms with Crippen LogP contribution in [-0.4, -0.2) is 27.2 Å². The Balaban J connectivity index is 1.88. The molecule has 5 heteroatoms. The van der Waals surface area contributed by atoms with Crippen LogP contribution in [0.5, 0.6) is 17.2 Å². The lowest BCUT2D eigenvalue weighted by atomic mass is 9.86. The van der Waals surface area contributed by atoms with Gasteiger partial charge in [-0.25, -0.2) is 0 Å². The highest BCUT2D eigenvalue weighted by Crippen LogP contribution is 2.40. The van der Waals surface area contributed by atoms with Gasteiger partial charge in [0.25, 0.3) is 0 Å². The summed E-state index contributed by atoms with van der Waals surface area (Å²) in [6.07, 6.45) is 9.38. The molecule has 5 nitrogen and oxygen atoms in total. The minimum absolute atomic E-state index is 0.0279. The Kier molecular flexibility index (Phi) is 7.22. The second-order valence-corrected chi connectivity index (χ2v) is 6.36. The fourth-order valence-electron chi connectivity index (χ4n) is 3.40. The van der Waals surface area contributed by atoms with E-state index >= 15 is 0 Å². The highest BCUT2D eigenvalue weighted by Gasteiger charge is 2.16. The molecule has 0 saturated heterocycles. The number of carbonyl (C=O) groups is 1. The van der Waals surface area contributed by atoms with Gasteiger partial charge in [0.05, 0.1) is 21.3 Å². The summed E-state index contributed by atoms with van der Waals surface area (Å²) in [5.41, 5.74) is 0.659. The quantitative estimate of drug-likeness (QED) is 0.765. The van der Waals surface area contributed by atoms with Crippen molar-refractivity contribution in [3.63, 3.8) is 0 Å². The summed E-state index contributed by atoms with van der Waals surface area (Å²) in [5.74, 6) is 2.44. The number of rotatable bonds is 8. The van der Waals surface area contributed by atoms with Crippen LogP contribution >= 0.6 is 0 Å². The minimum Gasteiger partial charge on any atom is -0.493 e. The third kappa shape index (κ3) is 5.05. The van der Waals surface area contributed by atoms with Crippen LogP contribution in [0, 0.1) is 5.92 Å². The summed E-state index contributed by atoms with van der Waals surface area (Å²) in [7, 11) is 4.68. The van der Waals surface area contributed by atoms with Crippen LogP contribution in [0.1, 0.15) is 51.4 Å². The summed E-state index contributed by atoms with van der Waals surface area (Å²) in [4.78, 5) is 12.2. The number of carbonyl (C=O) groups excluding carboxylic acids is 1. The van der Waals surface area contributed by atoms with Crippen molar-refractivity contribution in [1.82, 2.24) is 0 Å². The summed E-state index contributed by atoms with van der Waals surface area (Å²) in [5, 5.41) is 2.93. The number of methoxy groups -OCH3 is 3. The second kappa shape index (κ2) is 9.40. The smallest absolute Gasteiger partial charge is 0.224 e. The van der Waals surface area contributed by atoms with Crippen molar-refractivity contribution in [2.45, 2.75) is 51.4 Å². The molecule has 0 aliphatic heterocycles. The molecule has 1 aliphatic rings. The molecule has 24 heavy (non-hydrogen) atoms. The lowest BCUT2D eigenvalue weighted by Crippen LogP contribution is -2.13. The number of amides is 1. The Morgan fingerprint density at radius 3 is 2.21 bits per heavy atom. The van der Waals surface area contributed by atoms with E-state index in [0.717, 1.165) is 18.8 Å². The van der Waals surface area contributed by atoms with Crippen LogP contribution < -0.4 is 19.5 Å². The van der Waals surface area contributed by atoms with Crippen LogP contribution in [-0.2, 0) is 4.79 Å². The number of anilines is 1. The van der Waals surface area contributed by atoms with Gasteiger partial charge in [-0.2, -0.15) is 0 Å². The van der Waals surface area contributed by atoms with Crippen molar-refractivity contribution >= 4 is 11.6 Å². The molecule has 1 saturated carbocycles. The molecule has 1 fully saturated rings. The summed E-state index contributed by atoms with van der Waals surface area (Å²) in [6.45, 7) is 0. The Hall–Kier alpha value is -1.91. The number of ether oxygens (including phenoxy) is 3. The largest absolute Gasteiger partial charge is 0.493 e. The fourth-order valence-corrected chi connectivity index (χ4v) is 3.40. The van der Waals surface area contributed by atoms with Gasteiger partial charge >= 0.3 is 0 Å². The van der Waals surface area contributed by atoms with Gasteiger partial charge in [-0.15, -0.1) is 0 Å². The molecule has 0 unspecified atom stereocenters. The first kappa shape index (κ1) is 18.4. The van der Waals surface area contributed by atoms with E-state index in [0.29, 0.717) is 29.4 Å². The minimum atomic E-state index is 0.0279. The van der Waals surface area contributed by atoms with Gasteiger partial charge in [0.2, 0.25) is 11.7 Å². The van der Waals surface area contributed by atoms with E-state index in [2.05, 4.69) is 5.32 Å². The zero-order chi connectivity index (χ0) is 17.4. The van der Waals surface area contributed by atoms with E-state index < -0.39 is 0 Å². The molecule has 2 rings (SSSR count). The highest BCUT2D eigenvalue weighted by atomic mass is 16.5. The monoisotopic (exact) mass is 335 g/mol. The van der Waals surface area contributed by atoms with Gasteiger partial charge in [-0.3, -0.25) is 4.79 Å². The maximum absolute atomic E-state index is 12.2. The molecule has 134 valence electrons. The van der Waals surface area contributed by atoms with Crippen molar-refractivity contribution in [2.75, 3.05) is 26.6 Å². The van der Waals surface area contributed by atoms with Crippen LogP contribution in [0.15, 0.2) is 12.1 Å². The van der Waals surface area contributed by atoms with Crippen molar-refractivity contribution < 1.29 is 19.0 Å². The number of benzene rings is 1. The van der Waals surface area contributed by atoms with E-state index in [4.69, 9.17) is 14.2 Å². The van der Waals surface area contributed by atoms with E-state index in [-0.39, 0.29) is 5.91 Å². The standard InChI is InChI=1S/C19H29NO4/c1-22-16-12-15(13-17(23-2)19(16)24-3)20-18(21)11-7-10-14-8-5-4-6-9-14/h12-14H,4-11H2,1-3H3,(H,20,21). The average molecular weight is 335 g/mol. The lowest BCUT2D eigenvalue weighted by Gasteiger charge is -2.21. The first-order valence-corrected chi connectivity index (χ1v) is 8.77. The third-order valence-electron chi connectivity index (χ3n) is 4.69. The zero-order valence-corrected chi connectivity index (χ0v) is 15.0. The van der Waals surface area contributed by atoms with Crippen molar-refractivity contribution in [3.8, 4) is 17.2 Å². The Morgan fingerprint density at radius 1 is 1.04 bits per heavy atom. The summed E-state index contributed by atoms with van der Waals surface area (Å²) >= 11 is 0. The van der Waals surface area contributed by atoms with Crippen LogP contribution in [0.3, 0.4) is 0 Å². The maximum atomic E-state index is 12.2. The van der Waals surface area contributed by atoms with Gasteiger partial charge in [-0.1, -0.05) is 32.1 Å².